The number of nitrogens with zero attached hydrogens (tertiary/aromatic N) is 1. The Bertz CT molecular complexity index is 613. The van der Waals surface area contributed by atoms with Gasteiger partial charge in [0.25, 0.3) is 5.91 Å². The standard InChI is InChI=1S/C14H14ClN3O/c1-9-4-5-17-7-10(9)8-18-14(19)12-3-2-11(16)6-13(12)15/h2-7H,8,16H2,1H3,(H,18,19). The molecular weight excluding hydrogens is 262 g/mol. The van der Waals surface area contributed by atoms with Crippen molar-refractivity contribution in [1.29, 1.82) is 0 Å². The normalized spacial score (nSPS) is 10.2. The third-order valence-electron chi connectivity index (χ3n) is 2.82. The van der Waals surface area contributed by atoms with Gasteiger partial charge in [0.05, 0.1) is 10.6 Å². The number of carbonyl (C=O) groups is 1. The van der Waals surface area contributed by atoms with Gasteiger partial charge in [-0.15, -0.1) is 0 Å². The molecule has 3 N–H and O–H groups in total. The Morgan fingerprint density at radius 3 is 2.89 bits per heavy atom. The van der Waals surface area contributed by atoms with Crippen molar-refractivity contribution in [3.05, 3.63) is 58.4 Å². The molecule has 98 valence electrons. The van der Waals surface area contributed by atoms with E-state index in [4.69, 9.17) is 17.3 Å². The number of pyridine rings is 1. The third kappa shape index (κ3) is 3.23. The Morgan fingerprint density at radius 2 is 2.21 bits per heavy atom. The SMILES string of the molecule is Cc1ccncc1CNC(=O)c1ccc(N)cc1Cl. The molecule has 0 aliphatic rings. The number of rotatable bonds is 3. The number of anilines is 1. The summed E-state index contributed by atoms with van der Waals surface area (Å²) in [7, 11) is 0. The Labute approximate surface area is 116 Å². The Kier molecular flexibility index (Phi) is 4.02. The highest BCUT2D eigenvalue weighted by Gasteiger charge is 2.10. The molecule has 2 aromatic rings. The summed E-state index contributed by atoms with van der Waals surface area (Å²) >= 11 is 5.98. The summed E-state index contributed by atoms with van der Waals surface area (Å²) in [4.78, 5) is 16.0. The molecule has 1 amide bonds. The second-order valence-corrected chi connectivity index (χ2v) is 4.63. The fraction of sp³-hybridized carbons (Fsp3) is 0.143. The lowest BCUT2D eigenvalue weighted by Crippen LogP contribution is -2.23. The summed E-state index contributed by atoms with van der Waals surface area (Å²) in [6.07, 6.45) is 3.46. The second kappa shape index (κ2) is 5.71. The molecule has 0 atom stereocenters. The molecule has 4 nitrogen and oxygen atoms in total. The molecular formula is C14H14ClN3O. The van der Waals surface area contributed by atoms with Crippen molar-refractivity contribution in [3.63, 3.8) is 0 Å². The predicted molar refractivity (Wildman–Crippen MR) is 76.0 cm³/mol. The van der Waals surface area contributed by atoms with E-state index in [-0.39, 0.29) is 5.91 Å². The molecule has 0 unspecified atom stereocenters. The average molecular weight is 276 g/mol. The average Bonchev–Trinajstić information content (AvgIpc) is 2.37. The highest BCUT2D eigenvalue weighted by molar-refractivity contribution is 6.34. The van der Waals surface area contributed by atoms with E-state index >= 15 is 0 Å². The fourth-order valence-electron chi connectivity index (χ4n) is 1.67. The van der Waals surface area contributed by atoms with E-state index in [1.165, 1.54) is 0 Å². The third-order valence-corrected chi connectivity index (χ3v) is 3.14. The van der Waals surface area contributed by atoms with E-state index in [1.54, 1.807) is 30.6 Å². The minimum atomic E-state index is -0.228. The van der Waals surface area contributed by atoms with Gasteiger partial charge in [0.2, 0.25) is 0 Å². The van der Waals surface area contributed by atoms with E-state index in [0.717, 1.165) is 11.1 Å². The van der Waals surface area contributed by atoms with E-state index in [0.29, 0.717) is 22.8 Å². The lowest BCUT2D eigenvalue weighted by Gasteiger charge is -2.08. The predicted octanol–water partition coefficient (Wildman–Crippen LogP) is 2.56. The minimum absolute atomic E-state index is 0.228. The van der Waals surface area contributed by atoms with Gasteiger partial charge in [-0.2, -0.15) is 0 Å². The number of aromatic nitrogens is 1. The van der Waals surface area contributed by atoms with Crippen LogP contribution in [0.1, 0.15) is 21.5 Å². The lowest BCUT2D eigenvalue weighted by molar-refractivity contribution is 0.0951. The van der Waals surface area contributed by atoms with E-state index in [1.807, 2.05) is 13.0 Å². The molecule has 0 radical (unpaired) electrons. The van der Waals surface area contributed by atoms with Crippen LogP contribution in [-0.2, 0) is 6.54 Å². The van der Waals surface area contributed by atoms with Crippen molar-refractivity contribution < 1.29 is 4.79 Å². The number of nitrogens with one attached hydrogen (secondary N) is 1. The van der Waals surface area contributed by atoms with E-state index in [2.05, 4.69) is 10.3 Å². The summed E-state index contributed by atoms with van der Waals surface area (Å²) in [6, 6.07) is 6.72. The number of nitrogens with two attached hydrogens (primary N) is 1. The molecule has 0 bridgehead atoms. The number of nitrogen functional groups attached to an aromatic ring is 1. The van der Waals surface area contributed by atoms with Crippen molar-refractivity contribution in [3.8, 4) is 0 Å². The Balaban J connectivity index is 2.08. The van der Waals surface area contributed by atoms with Crippen molar-refractivity contribution in [2.24, 2.45) is 0 Å². The molecule has 0 spiro atoms. The number of hydrogen-bond acceptors (Lipinski definition) is 3. The fourth-order valence-corrected chi connectivity index (χ4v) is 1.94. The minimum Gasteiger partial charge on any atom is -0.399 e. The molecule has 19 heavy (non-hydrogen) atoms. The van der Waals surface area contributed by atoms with Crippen LogP contribution in [0.25, 0.3) is 0 Å². The monoisotopic (exact) mass is 275 g/mol. The lowest BCUT2D eigenvalue weighted by atomic mass is 10.1. The summed E-state index contributed by atoms with van der Waals surface area (Å²) in [5.74, 6) is -0.228. The first-order chi connectivity index (χ1) is 9.08. The summed E-state index contributed by atoms with van der Waals surface area (Å²) in [5, 5.41) is 3.16. The first-order valence-electron chi connectivity index (χ1n) is 5.80. The van der Waals surface area contributed by atoms with Crippen LogP contribution in [0.2, 0.25) is 5.02 Å². The van der Waals surface area contributed by atoms with Gasteiger partial charge in [-0.1, -0.05) is 11.6 Å². The first-order valence-corrected chi connectivity index (χ1v) is 6.18. The molecule has 1 heterocycles. The van der Waals surface area contributed by atoms with Crippen molar-refractivity contribution in [2.45, 2.75) is 13.5 Å². The van der Waals surface area contributed by atoms with Crippen LogP contribution in [0, 0.1) is 6.92 Å². The molecule has 0 fully saturated rings. The van der Waals surface area contributed by atoms with Gasteiger partial charge in [-0.25, -0.2) is 0 Å². The zero-order chi connectivity index (χ0) is 13.8. The van der Waals surface area contributed by atoms with Gasteiger partial charge in [-0.3, -0.25) is 9.78 Å². The summed E-state index contributed by atoms with van der Waals surface area (Å²) in [5.41, 5.74) is 8.59. The second-order valence-electron chi connectivity index (χ2n) is 4.22. The molecule has 1 aromatic heterocycles. The number of carbonyl (C=O) groups excluding carboxylic acids is 1. The highest BCUT2D eigenvalue weighted by Crippen LogP contribution is 2.19. The zero-order valence-corrected chi connectivity index (χ0v) is 11.2. The molecule has 1 aromatic carbocycles. The summed E-state index contributed by atoms with van der Waals surface area (Å²) < 4.78 is 0. The topological polar surface area (TPSA) is 68.0 Å². The number of halogens is 1. The van der Waals surface area contributed by atoms with E-state index in [9.17, 15) is 4.79 Å². The van der Waals surface area contributed by atoms with Crippen molar-refractivity contribution in [2.75, 3.05) is 5.73 Å². The Morgan fingerprint density at radius 1 is 1.42 bits per heavy atom. The number of benzene rings is 1. The highest BCUT2D eigenvalue weighted by atomic mass is 35.5. The van der Waals surface area contributed by atoms with Crippen LogP contribution < -0.4 is 11.1 Å². The van der Waals surface area contributed by atoms with Gasteiger partial charge in [0.15, 0.2) is 0 Å². The molecule has 5 heteroatoms. The van der Waals surface area contributed by atoms with Gasteiger partial charge < -0.3 is 11.1 Å². The maximum Gasteiger partial charge on any atom is 0.253 e. The largest absolute Gasteiger partial charge is 0.399 e. The molecule has 0 saturated heterocycles. The Hall–Kier alpha value is -2.07. The molecule has 0 aliphatic carbocycles. The van der Waals surface area contributed by atoms with E-state index < -0.39 is 0 Å². The van der Waals surface area contributed by atoms with Crippen LogP contribution in [0.4, 0.5) is 5.69 Å². The van der Waals surface area contributed by atoms with Gasteiger partial charge >= 0.3 is 0 Å². The van der Waals surface area contributed by atoms with Gasteiger partial charge in [-0.05, 0) is 42.3 Å². The first kappa shape index (κ1) is 13.4. The summed E-state index contributed by atoms with van der Waals surface area (Å²) in [6.45, 7) is 2.39. The van der Waals surface area contributed by atoms with Crippen molar-refractivity contribution >= 4 is 23.2 Å². The van der Waals surface area contributed by atoms with Gasteiger partial charge in [0.1, 0.15) is 0 Å². The van der Waals surface area contributed by atoms with Crippen LogP contribution in [0.3, 0.4) is 0 Å². The number of aryl methyl sites for hydroxylation is 1. The molecule has 2 rings (SSSR count). The molecule has 0 saturated carbocycles. The number of amides is 1. The van der Waals surface area contributed by atoms with Gasteiger partial charge in [0, 0.05) is 24.6 Å². The van der Waals surface area contributed by atoms with Crippen LogP contribution in [0.15, 0.2) is 36.7 Å². The van der Waals surface area contributed by atoms with Crippen molar-refractivity contribution in [1.82, 2.24) is 10.3 Å². The van der Waals surface area contributed by atoms with Crippen LogP contribution in [-0.4, -0.2) is 10.9 Å². The molecule has 0 aliphatic heterocycles. The smallest absolute Gasteiger partial charge is 0.253 e. The quantitative estimate of drug-likeness (QED) is 0.846. The number of hydrogen-bond donors (Lipinski definition) is 2. The maximum absolute atomic E-state index is 12.0. The zero-order valence-electron chi connectivity index (χ0n) is 10.5. The maximum atomic E-state index is 12.0. The van der Waals surface area contributed by atoms with Crippen LogP contribution >= 0.6 is 11.6 Å². The van der Waals surface area contributed by atoms with Crippen LogP contribution in [0.5, 0.6) is 0 Å².